The van der Waals surface area contributed by atoms with Crippen LogP contribution in [0.5, 0.6) is 5.75 Å². The van der Waals surface area contributed by atoms with Crippen LogP contribution >= 0.6 is 0 Å². The lowest BCUT2D eigenvalue weighted by atomic mass is 10.2. The van der Waals surface area contributed by atoms with Gasteiger partial charge in [0.25, 0.3) is 6.20 Å². The number of benzene rings is 2. The highest BCUT2D eigenvalue weighted by Crippen LogP contribution is 2.14. The van der Waals surface area contributed by atoms with Crippen LogP contribution in [0.2, 0.25) is 0 Å². The third-order valence-corrected chi connectivity index (χ3v) is 3.86. The molecule has 2 aromatic rings. The van der Waals surface area contributed by atoms with E-state index in [2.05, 4.69) is 21.6 Å². The van der Waals surface area contributed by atoms with Crippen molar-refractivity contribution in [2.24, 2.45) is 0 Å². The van der Waals surface area contributed by atoms with Crippen LogP contribution < -0.4 is 15.4 Å². The van der Waals surface area contributed by atoms with Gasteiger partial charge in [0.15, 0.2) is 5.82 Å². The second-order valence-corrected chi connectivity index (χ2v) is 6.68. The largest absolute Gasteiger partial charge is 0.494 e. The highest BCUT2D eigenvalue weighted by atomic mass is 16.6. The van der Waals surface area contributed by atoms with Crippen LogP contribution in [0.3, 0.4) is 0 Å². The van der Waals surface area contributed by atoms with Crippen molar-refractivity contribution >= 4 is 0 Å². The van der Waals surface area contributed by atoms with E-state index >= 15 is 0 Å². The fourth-order valence-corrected chi connectivity index (χ4v) is 2.64. The van der Waals surface area contributed by atoms with Gasteiger partial charge in [-0.15, -0.1) is 0 Å². The van der Waals surface area contributed by atoms with Gasteiger partial charge in [0.05, 0.1) is 11.5 Å². The Kier molecular flexibility index (Phi) is 8.81. The number of nitro groups is 1. The Morgan fingerprint density at radius 2 is 1.86 bits per heavy atom. The molecular weight excluding hydrogens is 356 g/mol. The molecule has 2 N–H and O–H groups in total. The zero-order valence-electron chi connectivity index (χ0n) is 16.4. The summed E-state index contributed by atoms with van der Waals surface area (Å²) in [7, 11) is 4.06. The Hall–Kier alpha value is -3.06. The molecule has 7 heteroatoms. The van der Waals surface area contributed by atoms with Gasteiger partial charge in [0.1, 0.15) is 5.75 Å². The van der Waals surface area contributed by atoms with Crippen LogP contribution in [-0.2, 0) is 13.1 Å². The van der Waals surface area contributed by atoms with Gasteiger partial charge in [-0.05, 0) is 43.8 Å². The molecule has 2 aromatic carbocycles. The molecule has 0 atom stereocenters. The molecule has 0 aliphatic rings. The summed E-state index contributed by atoms with van der Waals surface area (Å²) in [5, 5.41) is 17.0. The van der Waals surface area contributed by atoms with Crippen molar-refractivity contribution in [1.82, 2.24) is 15.5 Å². The maximum atomic E-state index is 10.8. The van der Waals surface area contributed by atoms with Gasteiger partial charge in [0.2, 0.25) is 0 Å². The third-order valence-electron chi connectivity index (χ3n) is 3.86. The van der Waals surface area contributed by atoms with E-state index in [1.54, 1.807) is 0 Å². The molecule has 0 amide bonds. The van der Waals surface area contributed by atoms with Crippen molar-refractivity contribution in [1.29, 1.82) is 0 Å². The SMILES string of the molecule is CN(C)Cc1cccc(OCCCN/C(=C/[N+](=O)[O-])NCc2ccccc2)c1. The number of nitrogens with zero attached hydrogens (tertiary/aromatic N) is 2. The molecule has 0 spiro atoms. The molecule has 2 rings (SSSR count). The number of nitrogens with one attached hydrogen (secondary N) is 2. The van der Waals surface area contributed by atoms with Crippen molar-refractivity contribution in [3.05, 3.63) is 87.9 Å². The van der Waals surface area contributed by atoms with Gasteiger partial charge in [-0.1, -0.05) is 42.5 Å². The highest BCUT2D eigenvalue weighted by Gasteiger charge is 2.03. The monoisotopic (exact) mass is 384 g/mol. The molecule has 150 valence electrons. The topological polar surface area (TPSA) is 79.7 Å². The van der Waals surface area contributed by atoms with E-state index in [9.17, 15) is 10.1 Å². The fraction of sp³-hybridized carbons (Fsp3) is 0.333. The standard InChI is InChI=1S/C21H28N4O3/c1-24(2)16-19-10-6-11-20(14-19)28-13-7-12-22-21(17-25(26)27)23-15-18-8-4-3-5-9-18/h3-6,8-11,14,17,22-23H,7,12-13,15-16H2,1-2H3/b21-17-. The fourth-order valence-electron chi connectivity index (χ4n) is 2.64. The van der Waals surface area contributed by atoms with E-state index in [4.69, 9.17) is 4.74 Å². The van der Waals surface area contributed by atoms with Crippen molar-refractivity contribution in [2.45, 2.75) is 19.5 Å². The lowest BCUT2D eigenvalue weighted by molar-refractivity contribution is -0.404. The second kappa shape index (κ2) is 11.6. The second-order valence-electron chi connectivity index (χ2n) is 6.68. The smallest absolute Gasteiger partial charge is 0.274 e. The summed E-state index contributed by atoms with van der Waals surface area (Å²) in [5.74, 6) is 1.23. The Bertz CT molecular complexity index is 763. The maximum Gasteiger partial charge on any atom is 0.274 e. The van der Waals surface area contributed by atoms with Gasteiger partial charge < -0.3 is 20.3 Å². The number of hydrogen-bond donors (Lipinski definition) is 2. The quantitative estimate of drug-likeness (QED) is 0.333. The normalized spacial score (nSPS) is 11.3. The molecule has 0 bridgehead atoms. The highest BCUT2D eigenvalue weighted by molar-refractivity contribution is 5.28. The molecule has 28 heavy (non-hydrogen) atoms. The summed E-state index contributed by atoms with van der Waals surface area (Å²) in [5.41, 5.74) is 2.25. The Balaban J connectivity index is 1.74. The molecule has 0 aliphatic carbocycles. The Morgan fingerprint density at radius 1 is 1.11 bits per heavy atom. The van der Waals surface area contributed by atoms with Gasteiger partial charge in [-0.3, -0.25) is 10.1 Å². The molecule has 0 fully saturated rings. The van der Waals surface area contributed by atoms with Gasteiger partial charge in [-0.2, -0.15) is 0 Å². The minimum absolute atomic E-state index is 0.391. The zero-order valence-corrected chi connectivity index (χ0v) is 16.4. The summed E-state index contributed by atoms with van der Waals surface area (Å²) in [4.78, 5) is 12.5. The van der Waals surface area contributed by atoms with Crippen LogP contribution in [0.1, 0.15) is 17.5 Å². The van der Waals surface area contributed by atoms with E-state index < -0.39 is 4.92 Å². The van der Waals surface area contributed by atoms with Gasteiger partial charge in [-0.25, -0.2) is 0 Å². The summed E-state index contributed by atoms with van der Waals surface area (Å²) < 4.78 is 5.79. The van der Waals surface area contributed by atoms with Crippen LogP contribution in [0, 0.1) is 10.1 Å². The zero-order chi connectivity index (χ0) is 20.2. The van der Waals surface area contributed by atoms with Crippen LogP contribution in [0.4, 0.5) is 0 Å². The van der Waals surface area contributed by atoms with Crippen LogP contribution in [0.25, 0.3) is 0 Å². The average molecular weight is 384 g/mol. The minimum atomic E-state index is -0.465. The number of rotatable bonds is 12. The number of ether oxygens (including phenoxy) is 1. The van der Waals surface area contributed by atoms with Gasteiger partial charge >= 0.3 is 0 Å². The van der Waals surface area contributed by atoms with Crippen LogP contribution in [-0.4, -0.2) is 37.1 Å². The average Bonchev–Trinajstić information content (AvgIpc) is 2.66. The number of hydrogen-bond acceptors (Lipinski definition) is 6. The van der Waals surface area contributed by atoms with Crippen molar-refractivity contribution in [3.63, 3.8) is 0 Å². The molecule has 0 heterocycles. The predicted molar refractivity (Wildman–Crippen MR) is 110 cm³/mol. The minimum Gasteiger partial charge on any atom is -0.494 e. The molecule has 0 unspecified atom stereocenters. The van der Waals surface area contributed by atoms with E-state index in [-0.39, 0.29) is 0 Å². The molecule has 0 aromatic heterocycles. The molecule has 0 saturated heterocycles. The Morgan fingerprint density at radius 3 is 2.57 bits per heavy atom. The first-order valence-corrected chi connectivity index (χ1v) is 9.26. The Labute approximate surface area is 166 Å². The van der Waals surface area contributed by atoms with E-state index in [0.717, 1.165) is 30.5 Å². The van der Waals surface area contributed by atoms with E-state index in [1.165, 1.54) is 5.56 Å². The van der Waals surface area contributed by atoms with Gasteiger partial charge in [0, 0.05) is 19.6 Å². The molecule has 0 radical (unpaired) electrons. The molecule has 7 nitrogen and oxygen atoms in total. The van der Waals surface area contributed by atoms with Crippen molar-refractivity contribution in [2.75, 3.05) is 27.2 Å². The summed E-state index contributed by atoms with van der Waals surface area (Å²) in [6.07, 6.45) is 1.68. The van der Waals surface area contributed by atoms with E-state index in [0.29, 0.717) is 25.5 Å². The van der Waals surface area contributed by atoms with Crippen LogP contribution in [0.15, 0.2) is 66.6 Å². The van der Waals surface area contributed by atoms with Crippen molar-refractivity contribution < 1.29 is 9.66 Å². The first-order valence-electron chi connectivity index (χ1n) is 9.26. The lowest BCUT2D eigenvalue weighted by Crippen LogP contribution is -2.28. The summed E-state index contributed by atoms with van der Waals surface area (Å²) in [6, 6.07) is 17.8. The van der Waals surface area contributed by atoms with E-state index in [1.807, 2.05) is 62.6 Å². The predicted octanol–water partition coefficient (Wildman–Crippen LogP) is 2.97. The van der Waals surface area contributed by atoms with Crippen molar-refractivity contribution in [3.8, 4) is 5.75 Å². The lowest BCUT2D eigenvalue weighted by Gasteiger charge is -2.13. The molecule has 0 saturated carbocycles. The molecular formula is C21H28N4O3. The first kappa shape index (κ1) is 21.2. The molecule has 0 aliphatic heterocycles. The first-order chi connectivity index (χ1) is 13.5. The summed E-state index contributed by atoms with van der Waals surface area (Å²) in [6.45, 7) is 2.48. The summed E-state index contributed by atoms with van der Waals surface area (Å²) >= 11 is 0. The maximum absolute atomic E-state index is 10.8. The third kappa shape index (κ3) is 8.55.